The van der Waals surface area contributed by atoms with E-state index in [1.165, 1.54) is 6.07 Å². The van der Waals surface area contributed by atoms with Gasteiger partial charge in [0, 0.05) is 12.6 Å². The zero-order valence-electron chi connectivity index (χ0n) is 14.3. The van der Waals surface area contributed by atoms with Gasteiger partial charge in [-0.15, -0.1) is 0 Å². The second-order valence-corrected chi connectivity index (χ2v) is 6.27. The van der Waals surface area contributed by atoms with Crippen molar-refractivity contribution < 1.29 is 28.4 Å². The summed E-state index contributed by atoms with van der Waals surface area (Å²) in [6.45, 7) is 1.16. The number of hydrogen-bond acceptors (Lipinski definition) is 7. The van der Waals surface area contributed by atoms with Crippen molar-refractivity contribution in [1.29, 1.82) is 0 Å². The Morgan fingerprint density at radius 3 is 2.50 bits per heavy atom. The molecule has 2 aliphatic rings. The Balaban J connectivity index is 1.42. The molecule has 3 rings (SSSR count). The lowest BCUT2D eigenvalue weighted by molar-refractivity contribution is -0.148. The number of imide groups is 1. The van der Waals surface area contributed by atoms with Crippen LogP contribution >= 0.6 is 0 Å². The number of nitrogens with one attached hydrogen (secondary N) is 1. The smallest absolute Gasteiger partial charge is 0.308 e. The summed E-state index contributed by atoms with van der Waals surface area (Å²) >= 11 is 0. The number of esters is 1. The summed E-state index contributed by atoms with van der Waals surface area (Å²) in [6, 6.07) is 1.53. The molecule has 1 saturated heterocycles. The van der Waals surface area contributed by atoms with Crippen molar-refractivity contribution in [3.63, 3.8) is 0 Å². The first-order valence-corrected chi connectivity index (χ1v) is 8.34. The molecule has 0 spiro atoms. The van der Waals surface area contributed by atoms with Crippen molar-refractivity contribution in [2.75, 3.05) is 18.5 Å². The molecule has 3 amide bonds. The van der Waals surface area contributed by atoms with Crippen LogP contribution < -0.4 is 5.32 Å². The highest BCUT2D eigenvalue weighted by atomic mass is 16.5. The molecule has 1 aliphatic heterocycles. The predicted molar refractivity (Wildman–Crippen MR) is 87.5 cm³/mol. The topological polar surface area (TPSA) is 119 Å². The number of amides is 3. The number of aromatic nitrogens is 1. The van der Waals surface area contributed by atoms with Crippen molar-refractivity contribution in [2.24, 2.45) is 11.8 Å². The van der Waals surface area contributed by atoms with Gasteiger partial charge in [0.2, 0.25) is 11.8 Å². The average Bonchev–Trinajstić information content (AvgIpc) is 3.13. The highest BCUT2D eigenvalue weighted by Crippen LogP contribution is 2.34. The van der Waals surface area contributed by atoms with Crippen molar-refractivity contribution in [3.05, 3.63) is 24.0 Å². The van der Waals surface area contributed by atoms with E-state index < -0.39 is 18.5 Å². The van der Waals surface area contributed by atoms with Gasteiger partial charge >= 0.3 is 5.97 Å². The highest BCUT2D eigenvalue weighted by molar-refractivity contribution is 6.05. The normalized spacial score (nSPS) is 21.7. The van der Waals surface area contributed by atoms with Gasteiger partial charge in [0.15, 0.2) is 12.4 Å². The number of rotatable bonds is 6. The van der Waals surface area contributed by atoms with Gasteiger partial charge in [0.25, 0.3) is 5.91 Å². The quantitative estimate of drug-likeness (QED) is 0.452. The number of carbonyl (C=O) groups is 4. The largest absolute Gasteiger partial charge is 0.456 e. The van der Waals surface area contributed by atoms with Gasteiger partial charge in [-0.1, -0.05) is 17.3 Å². The minimum absolute atomic E-state index is 0.0341. The zero-order chi connectivity index (χ0) is 18.7. The van der Waals surface area contributed by atoms with Crippen LogP contribution in [0.4, 0.5) is 5.82 Å². The molecule has 26 heavy (non-hydrogen) atoms. The van der Waals surface area contributed by atoms with Gasteiger partial charge < -0.3 is 14.6 Å². The van der Waals surface area contributed by atoms with Crippen LogP contribution in [0.2, 0.25) is 0 Å². The van der Waals surface area contributed by atoms with E-state index in [9.17, 15) is 19.2 Å². The number of fused-ring (bicyclic) bond motifs is 1. The SMILES string of the molecule is Cc1cc(NC(=O)COC(=O)CCN2C(=O)[C@H]3CC=CC[C@@H]3C2=O)no1. The Hall–Kier alpha value is -2.97. The monoisotopic (exact) mass is 361 g/mol. The van der Waals surface area contributed by atoms with Crippen molar-refractivity contribution in [2.45, 2.75) is 26.2 Å². The fourth-order valence-corrected chi connectivity index (χ4v) is 3.11. The zero-order valence-corrected chi connectivity index (χ0v) is 14.3. The maximum atomic E-state index is 12.3. The molecule has 0 saturated carbocycles. The summed E-state index contributed by atoms with van der Waals surface area (Å²) in [6.07, 6.45) is 4.76. The molecule has 0 aromatic carbocycles. The number of carbonyl (C=O) groups excluding carboxylic acids is 4. The van der Waals surface area contributed by atoms with E-state index in [1.54, 1.807) is 6.92 Å². The summed E-state index contributed by atoms with van der Waals surface area (Å²) in [7, 11) is 0. The van der Waals surface area contributed by atoms with Gasteiger partial charge in [0.1, 0.15) is 5.76 Å². The van der Waals surface area contributed by atoms with Crippen LogP contribution in [0, 0.1) is 18.8 Å². The molecule has 138 valence electrons. The molecular formula is C17H19N3O6. The third-order valence-electron chi connectivity index (χ3n) is 4.40. The van der Waals surface area contributed by atoms with Crippen LogP contribution in [0.1, 0.15) is 25.0 Å². The minimum Gasteiger partial charge on any atom is -0.456 e. The number of nitrogens with zero attached hydrogens (tertiary/aromatic N) is 2. The van der Waals surface area contributed by atoms with E-state index in [1.807, 2.05) is 12.2 Å². The standard InChI is InChI=1S/C17H19N3O6/c1-10-8-13(19-26-10)18-14(21)9-25-15(22)6-7-20-16(23)11-4-2-3-5-12(11)17(20)24/h2-3,8,11-12H,4-7,9H2,1H3,(H,18,19,21)/t11-,12-/m0/s1. The highest BCUT2D eigenvalue weighted by Gasteiger charge is 2.46. The molecule has 2 heterocycles. The molecule has 1 aliphatic carbocycles. The molecule has 0 unspecified atom stereocenters. The van der Waals surface area contributed by atoms with Crippen molar-refractivity contribution in [3.8, 4) is 0 Å². The Kier molecular flexibility index (Phi) is 5.15. The number of hydrogen-bond donors (Lipinski definition) is 1. The molecule has 2 atom stereocenters. The predicted octanol–water partition coefficient (Wildman–Crippen LogP) is 0.806. The van der Waals surface area contributed by atoms with Crippen molar-refractivity contribution >= 4 is 29.5 Å². The van der Waals surface area contributed by atoms with E-state index >= 15 is 0 Å². The van der Waals surface area contributed by atoms with Gasteiger partial charge in [-0.25, -0.2) is 0 Å². The van der Waals surface area contributed by atoms with Crippen LogP contribution in [-0.2, 0) is 23.9 Å². The number of ether oxygens (including phenoxy) is 1. The Morgan fingerprint density at radius 1 is 1.27 bits per heavy atom. The van der Waals surface area contributed by atoms with Gasteiger partial charge in [-0.05, 0) is 19.8 Å². The van der Waals surface area contributed by atoms with E-state index in [4.69, 9.17) is 9.26 Å². The fraction of sp³-hybridized carbons (Fsp3) is 0.471. The maximum absolute atomic E-state index is 12.3. The maximum Gasteiger partial charge on any atom is 0.308 e. The van der Waals surface area contributed by atoms with Crippen molar-refractivity contribution in [1.82, 2.24) is 10.1 Å². The summed E-state index contributed by atoms with van der Waals surface area (Å²) in [5.74, 6) is -1.57. The molecular weight excluding hydrogens is 342 g/mol. The second kappa shape index (κ2) is 7.51. The lowest BCUT2D eigenvalue weighted by atomic mass is 9.85. The lowest BCUT2D eigenvalue weighted by Gasteiger charge is -2.14. The molecule has 9 heteroatoms. The number of anilines is 1. The molecule has 1 aromatic rings. The van der Waals surface area contributed by atoms with E-state index in [0.717, 1.165) is 4.90 Å². The van der Waals surface area contributed by atoms with Gasteiger partial charge in [-0.3, -0.25) is 24.1 Å². The Morgan fingerprint density at radius 2 is 1.92 bits per heavy atom. The summed E-state index contributed by atoms with van der Waals surface area (Å²) < 4.78 is 9.66. The average molecular weight is 361 g/mol. The van der Waals surface area contributed by atoms with Crippen LogP contribution in [0.3, 0.4) is 0 Å². The van der Waals surface area contributed by atoms with Gasteiger partial charge in [-0.2, -0.15) is 0 Å². The lowest BCUT2D eigenvalue weighted by Crippen LogP contribution is -2.33. The third kappa shape index (κ3) is 3.81. The number of allylic oxidation sites excluding steroid dienone is 2. The second-order valence-electron chi connectivity index (χ2n) is 6.27. The van der Waals surface area contributed by atoms with Crippen LogP contribution in [0.25, 0.3) is 0 Å². The first-order chi connectivity index (χ1) is 12.5. The molecule has 1 N–H and O–H groups in total. The molecule has 0 bridgehead atoms. The summed E-state index contributed by atoms with van der Waals surface area (Å²) in [5, 5.41) is 6.01. The first-order valence-electron chi connectivity index (χ1n) is 8.34. The molecule has 1 aromatic heterocycles. The molecule has 9 nitrogen and oxygen atoms in total. The Labute approximate surface area is 149 Å². The van der Waals surface area contributed by atoms with Gasteiger partial charge in [0.05, 0.1) is 18.3 Å². The number of aryl methyl sites for hydroxylation is 1. The minimum atomic E-state index is -0.662. The van der Waals surface area contributed by atoms with Crippen LogP contribution in [0.5, 0.6) is 0 Å². The number of likely N-dealkylation sites (tertiary alicyclic amines) is 1. The Bertz CT molecular complexity index is 742. The summed E-state index contributed by atoms with van der Waals surface area (Å²) in [4.78, 5) is 49.1. The summed E-state index contributed by atoms with van der Waals surface area (Å²) in [5.41, 5.74) is 0. The third-order valence-corrected chi connectivity index (χ3v) is 4.40. The van der Waals surface area contributed by atoms with Crippen LogP contribution in [-0.4, -0.2) is 46.9 Å². The van der Waals surface area contributed by atoms with Crippen LogP contribution in [0.15, 0.2) is 22.7 Å². The van der Waals surface area contributed by atoms with E-state index in [-0.39, 0.29) is 42.4 Å². The van der Waals surface area contributed by atoms with E-state index in [0.29, 0.717) is 18.6 Å². The molecule has 1 fully saturated rings. The fourth-order valence-electron chi connectivity index (χ4n) is 3.11. The van der Waals surface area contributed by atoms with E-state index in [2.05, 4.69) is 10.5 Å². The molecule has 0 radical (unpaired) electrons. The first kappa shape index (κ1) is 17.8.